The molecule has 0 atom stereocenters. The van der Waals surface area contributed by atoms with E-state index >= 15 is 0 Å². The lowest BCUT2D eigenvalue weighted by Gasteiger charge is -2.29. The van der Waals surface area contributed by atoms with Crippen LogP contribution in [-0.4, -0.2) is 70.6 Å². The molecule has 0 unspecified atom stereocenters. The maximum absolute atomic E-state index is 2.42. The van der Waals surface area contributed by atoms with Gasteiger partial charge in [0, 0.05) is 0 Å². The predicted octanol–water partition coefficient (Wildman–Crippen LogP) is -10.7. The van der Waals surface area contributed by atoms with Gasteiger partial charge in [-0.05, 0) is 23.3 Å². The van der Waals surface area contributed by atoms with Crippen molar-refractivity contribution < 1.29 is 0 Å². The van der Waals surface area contributed by atoms with Crippen LogP contribution >= 0.6 is 0 Å². The highest BCUT2D eigenvalue weighted by Crippen LogP contribution is 2.41. The van der Waals surface area contributed by atoms with E-state index in [2.05, 4.69) is 77.5 Å². The minimum Gasteiger partial charge on any atom is -0.102 e. The maximum atomic E-state index is 2.42. The molecule has 0 bridgehead atoms. The average molecular weight is 287 g/mol. The van der Waals surface area contributed by atoms with Gasteiger partial charge in [0.05, 0.1) is 0 Å². The zero-order chi connectivity index (χ0) is 17.4. The quantitative estimate of drug-likeness (QED) is 0.422. The van der Waals surface area contributed by atoms with E-state index in [1.165, 1.54) is 54.9 Å². The second kappa shape index (κ2) is 5.01. The van der Waals surface area contributed by atoms with E-state index < -0.39 is 0 Å². The summed E-state index contributed by atoms with van der Waals surface area (Å²) < 4.78 is 0. The van der Waals surface area contributed by atoms with Gasteiger partial charge in [-0.1, -0.05) is 44.0 Å². The van der Waals surface area contributed by atoms with E-state index in [0.717, 1.165) is 0 Å². The molecule has 0 N–H and O–H groups in total. The van der Waals surface area contributed by atoms with Gasteiger partial charge in [-0.3, -0.25) is 0 Å². The third kappa shape index (κ3) is 1.92. The first-order valence-electron chi connectivity index (χ1n) is 8.75. The van der Waals surface area contributed by atoms with Crippen LogP contribution in [0, 0.1) is 6.92 Å². The molecule has 9 heteroatoms. The van der Waals surface area contributed by atoms with Crippen molar-refractivity contribution in [1.29, 1.82) is 0 Å². The summed E-state index contributed by atoms with van der Waals surface area (Å²) in [4.78, 5) is 0. The first-order chi connectivity index (χ1) is 10.5. The molecule has 104 valence electrons. The average Bonchev–Trinajstić information content (AvgIpc) is 2.74. The van der Waals surface area contributed by atoms with E-state index in [1.807, 2.05) is 0 Å². The minimum absolute atomic E-state index is 0.0886. The van der Waals surface area contributed by atoms with Gasteiger partial charge in [0.1, 0.15) is 70.6 Å². The van der Waals surface area contributed by atoms with E-state index in [-0.39, 0.29) is 5.21 Å². The second-order valence-corrected chi connectivity index (χ2v) is 8.12. The zero-order valence-electron chi connectivity index (χ0n) is 16.5. The van der Waals surface area contributed by atoms with Crippen molar-refractivity contribution in [2.75, 3.05) is 0 Å². The summed E-state index contributed by atoms with van der Waals surface area (Å²) in [5, 5.41) is 0.0886. The standard InChI is InChI=1S/C14H21B9/c1-2-7(15)5-3(9(17)8(2)16)4-6(14(5,22)23)11(19)13(21)12(20)10(4)18/h15-23H2,1H3. The van der Waals surface area contributed by atoms with E-state index in [1.54, 1.807) is 11.1 Å². The van der Waals surface area contributed by atoms with Crippen molar-refractivity contribution in [2.24, 2.45) is 0 Å². The monoisotopic (exact) mass is 288 g/mol. The molecule has 0 saturated heterocycles. The van der Waals surface area contributed by atoms with Gasteiger partial charge in [0.25, 0.3) is 0 Å². The molecule has 0 fully saturated rings. The highest BCUT2D eigenvalue weighted by molar-refractivity contribution is 6.67. The lowest BCUT2D eigenvalue weighted by Crippen LogP contribution is -2.51. The first kappa shape index (κ1) is 16.9. The van der Waals surface area contributed by atoms with Crippen LogP contribution in [0.3, 0.4) is 0 Å². The molecule has 0 nitrogen and oxygen atoms in total. The van der Waals surface area contributed by atoms with Gasteiger partial charge >= 0.3 is 0 Å². The Labute approximate surface area is 149 Å². The summed E-state index contributed by atoms with van der Waals surface area (Å²) in [6.07, 6.45) is 0. The molecule has 2 aromatic rings. The fourth-order valence-corrected chi connectivity index (χ4v) is 4.94. The first-order valence-corrected chi connectivity index (χ1v) is 8.75. The Kier molecular flexibility index (Phi) is 3.67. The van der Waals surface area contributed by atoms with Crippen LogP contribution < -0.4 is 38.2 Å². The Hall–Kier alpha value is -0.976. The van der Waals surface area contributed by atoms with Crippen molar-refractivity contribution in [3.8, 4) is 11.1 Å². The molecule has 1 aliphatic carbocycles. The molecule has 3 rings (SSSR count). The van der Waals surface area contributed by atoms with Crippen molar-refractivity contribution >= 4 is 109 Å². The Balaban J connectivity index is 2.63. The SMILES string of the molecule is Bc1c(B)c(B)c2c(c1B)-c1c(B)c(B)c(C)c(B)c1C2(B)B. The Morgan fingerprint density at radius 3 is 1.43 bits per heavy atom. The molecule has 0 spiro atoms. The van der Waals surface area contributed by atoms with Crippen molar-refractivity contribution in [1.82, 2.24) is 0 Å². The molecule has 1 aliphatic rings. The number of rotatable bonds is 0. The topological polar surface area (TPSA) is 0 Å². The number of fused-ring (bicyclic) bond motifs is 3. The number of hydrogen-bond donors (Lipinski definition) is 0. The molecule has 23 heavy (non-hydrogen) atoms. The van der Waals surface area contributed by atoms with Crippen LogP contribution in [0.5, 0.6) is 0 Å². The third-order valence-electron chi connectivity index (χ3n) is 6.88. The second-order valence-electron chi connectivity index (χ2n) is 8.12. The summed E-state index contributed by atoms with van der Waals surface area (Å²) in [5.41, 5.74) is 17.9. The minimum atomic E-state index is 0.0886. The van der Waals surface area contributed by atoms with Gasteiger partial charge in [-0.25, -0.2) is 0 Å². The Morgan fingerprint density at radius 2 is 0.913 bits per heavy atom. The molecule has 2 aromatic carbocycles. The van der Waals surface area contributed by atoms with E-state index in [0.29, 0.717) is 0 Å². The van der Waals surface area contributed by atoms with Gasteiger partial charge < -0.3 is 0 Å². The van der Waals surface area contributed by atoms with Gasteiger partial charge in [-0.15, -0.1) is 10.9 Å². The van der Waals surface area contributed by atoms with Gasteiger partial charge in [-0.2, -0.15) is 0 Å². The largest absolute Gasteiger partial charge is 0.139 e. The summed E-state index contributed by atoms with van der Waals surface area (Å²) in [7, 11) is 21.0. The van der Waals surface area contributed by atoms with Crippen molar-refractivity contribution in [3.05, 3.63) is 16.7 Å². The molecule has 0 radical (unpaired) electrons. The van der Waals surface area contributed by atoms with Crippen molar-refractivity contribution in [3.63, 3.8) is 0 Å². The molecule has 0 aliphatic heterocycles. The van der Waals surface area contributed by atoms with E-state index in [9.17, 15) is 0 Å². The molecule has 0 amide bonds. The third-order valence-corrected chi connectivity index (χ3v) is 6.88. The van der Waals surface area contributed by atoms with Crippen LogP contribution in [0.1, 0.15) is 16.7 Å². The summed E-state index contributed by atoms with van der Waals surface area (Å²) in [6.45, 7) is 2.28. The van der Waals surface area contributed by atoms with Crippen LogP contribution in [0.25, 0.3) is 11.1 Å². The zero-order valence-corrected chi connectivity index (χ0v) is 16.5. The van der Waals surface area contributed by atoms with Crippen LogP contribution in [0.2, 0.25) is 0 Å². The fraction of sp³-hybridized carbons (Fsp3) is 0.143. The fourth-order valence-electron chi connectivity index (χ4n) is 4.94. The number of hydrogen-bond acceptors (Lipinski definition) is 0. The maximum Gasteiger partial charge on any atom is 0.139 e. The highest BCUT2D eigenvalue weighted by atomic mass is 14.4. The van der Waals surface area contributed by atoms with Crippen LogP contribution in [0.15, 0.2) is 0 Å². The lowest BCUT2D eigenvalue weighted by atomic mass is 9.45. The van der Waals surface area contributed by atoms with Crippen molar-refractivity contribution in [2.45, 2.75) is 12.1 Å². The summed E-state index contributed by atoms with van der Waals surface area (Å²) in [6, 6.07) is 0. The van der Waals surface area contributed by atoms with Gasteiger partial charge in [0.2, 0.25) is 0 Å². The lowest BCUT2D eigenvalue weighted by molar-refractivity contribution is 1.11. The van der Waals surface area contributed by atoms with Gasteiger partial charge in [0.15, 0.2) is 0 Å². The highest BCUT2D eigenvalue weighted by Gasteiger charge is 2.40. The van der Waals surface area contributed by atoms with Crippen LogP contribution in [0.4, 0.5) is 0 Å². The molecule has 0 heterocycles. The summed E-state index contributed by atoms with van der Waals surface area (Å²) >= 11 is 0. The van der Waals surface area contributed by atoms with E-state index in [4.69, 9.17) is 0 Å². The Bertz CT molecular complexity index is 812. The predicted molar refractivity (Wildman–Crippen MR) is 132 cm³/mol. The normalized spacial score (nSPS) is 14.5. The molecule has 0 aromatic heterocycles. The molecular weight excluding hydrogens is 265 g/mol. The smallest absolute Gasteiger partial charge is 0.102 e. The van der Waals surface area contributed by atoms with Crippen LogP contribution in [-0.2, 0) is 5.21 Å². The molecular formula is C14H21B9. The summed E-state index contributed by atoms with van der Waals surface area (Å²) in [5.74, 6) is 0. The molecule has 0 saturated carbocycles. The Morgan fingerprint density at radius 1 is 0.522 bits per heavy atom. The number of benzene rings is 2.